The Balaban J connectivity index is 1.87. The van der Waals surface area contributed by atoms with Crippen LogP contribution in [0.25, 0.3) is 11.2 Å². The Labute approximate surface area is 144 Å². The quantitative estimate of drug-likeness (QED) is 0.766. The van der Waals surface area contributed by atoms with Crippen LogP contribution in [0.2, 0.25) is 0 Å². The number of hydrogen-bond acceptors (Lipinski definition) is 4. The van der Waals surface area contributed by atoms with Crippen LogP contribution in [0.1, 0.15) is 30.7 Å². The Kier molecular flexibility index (Phi) is 4.24. The summed E-state index contributed by atoms with van der Waals surface area (Å²) in [6.45, 7) is 8.97. The number of pyridine rings is 1. The number of fused-ring (bicyclic) bond motifs is 1. The van der Waals surface area contributed by atoms with E-state index < -0.39 is 11.6 Å². The molecule has 0 atom stereocenters. The molecule has 3 rings (SSSR count). The normalized spacial score (nSPS) is 11.7. The molecular formula is C18H19F2N5. The van der Waals surface area contributed by atoms with E-state index in [4.69, 9.17) is 0 Å². The number of nitrogens with zero attached hydrogens (tertiary/aromatic N) is 4. The van der Waals surface area contributed by atoms with Crippen molar-refractivity contribution in [2.75, 3.05) is 11.9 Å². The standard InChI is InChI=1S/C18H19F2N5/c1-11(13-5-6-16-21-8-15(19)25(16)9-13)14-7-22-17(24-12(14)2)23-10-18(3,4)20/h5-9H,1,10H2,2-4H3,(H,22,23,24). The van der Waals surface area contributed by atoms with Crippen LogP contribution in [0.4, 0.5) is 14.7 Å². The lowest BCUT2D eigenvalue weighted by Crippen LogP contribution is -2.25. The number of nitrogens with one attached hydrogen (secondary N) is 1. The van der Waals surface area contributed by atoms with Gasteiger partial charge in [-0.2, -0.15) is 4.39 Å². The molecule has 0 aliphatic heterocycles. The van der Waals surface area contributed by atoms with Crippen molar-refractivity contribution in [1.29, 1.82) is 0 Å². The molecule has 3 aromatic rings. The zero-order valence-electron chi connectivity index (χ0n) is 14.3. The van der Waals surface area contributed by atoms with Gasteiger partial charge in [0.2, 0.25) is 11.9 Å². The van der Waals surface area contributed by atoms with E-state index in [1.807, 2.05) is 13.0 Å². The minimum atomic E-state index is -1.36. The molecule has 3 aromatic heterocycles. The molecule has 0 saturated heterocycles. The smallest absolute Gasteiger partial charge is 0.222 e. The first kappa shape index (κ1) is 17.0. The first-order valence-electron chi connectivity index (χ1n) is 7.83. The summed E-state index contributed by atoms with van der Waals surface area (Å²) in [5.74, 6) is -0.0816. The summed E-state index contributed by atoms with van der Waals surface area (Å²) in [5.41, 5.74) is 2.02. The Morgan fingerprint density at radius 3 is 2.72 bits per heavy atom. The van der Waals surface area contributed by atoms with Gasteiger partial charge in [-0.05, 0) is 44.0 Å². The lowest BCUT2D eigenvalue weighted by atomic mass is 10.0. The Morgan fingerprint density at radius 1 is 1.28 bits per heavy atom. The third-order valence-corrected chi connectivity index (χ3v) is 3.78. The molecule has 130 valence electrons. The van der Waals surface area contributed by atoms with Gasteiger partial charge in [-0.1, -0.05) is 6.58 Å². The number of alkyl halides is 1. The molecule has 3 heterocycles. The highest BCUT2D eigenvalue weighted by atomic mass is 19.1. The van der Waals surface area contributed by atoms with E-state index in [1.165, 1.54) is 24.4 Å². The molecule has 25 heavy (non-hydrogen) atoms. The fourth-order valence-corrected chi connectivity index (χ4v) is 2.42. The maximum absolute atomic E-state index is 13.7. The zero-order valence-corrected chi connectivity index (χ0v) is 14.3. The van der Waals surface area contributed by atoms with Gasteiger partial charge in [-0.25, -0.2) is 19.3 Å². The molecule has 0 aromatic carbocycles. The molecule has 0 unspecified atom stereocenters. The van der Waals surface area contributed by atoms with Gasteiger partial charge in [0.05, 0.1) is 18.4 Å². The average molecular weight is 343 g/mol. The number of halogens is 2. The summed E-state index contributed by atoms with van der Waals surface area (Å²) < 4.78 is 28.6. The summed E-state index contributed by atoms with van der Waals surface area (Å²) in [6.07, 6.45) is 4.44. The van der Waals surface area contributed by atoms with Crippen LogP contribution < -0.4 is 5.32 Å². The first-order valence-corrected chi connectivity index (χ1v) is 7.83. The van der Waals surface area contributed by atoms with Crippen LogP contribution >= 0.6 is 0 Å². The number of hydrogen-bond donors (Lipinski definition) is 1. The molecule has 7 heteroatoms. The molecule has 0 fully saturated rings. The summed E-state index contributed by atoms with van der Waals surface area (Å²) in [4.78, 5) is 12.5. The summed E-state index contributed by atoms with van der Waals surface area (Å²) in [7, 11) is 0. The maximum Gasteiger partial charge on any atom is 0.222 e. The van der Waals surface area contributed by atoms with E-state index in [9.17, 15) is 8.78 Å². The summed E-state index contributed by atoms with van der Waals surface area (Å²) in [5, 5.41) is 2.87. The zero-order chi connectivity index (χ0) is 18.2. The molecule has 0 saturated carbocycles. The van der Waals surface area contributed by atoms with E-state index in [-0.39, 0.29) is 6.54 Å². The third-order valence-electron chi connectivity index (χ3n) is 3.78. The maximum atomic E-state index is 13.7. The van der Waals surface area contributed by atoms with E-state index in [0.29, 0.717) is 22.9 Å². The van der Waals surface area contributed by atoms with Gasteiger partial charge < -0.3 is 5.32 Å². The number of imidazole rings is 1. The lowest BCUT2D eigenvalue weighted by molar-refractivity contribution is 0.234. The molecule has 1 N–H and O–H groups in total. The highest BCUT2D eigenvalue weighted by Gasteiger charge is 2.16. The molecule has 0 radical (unpaired) electrons. The van der Waals surface area contributed by atoms with Crippen molar-refractivity contribution in [3.63, 3.8) is 0 Å². The van der Waals surface area contributed by atoms with Gasteiger partial charge in [-0.15, -0.1) is 0 Å². The van der Waals surface area contributed by atoms with E-state index in [0.717, 1.165) is 11.1 Å². The SMILES string of the molecule is C=C(c1ccc2ncc(F)n2c1)c1cnc(NCC(C)(C)F)nc1C. The van der Waals surface area contributed by atoms with Crippen molar-refractivity contribution in [3.8, 4) is 0 Å². The monoisotopic (exact) mass is 343 g/mol. The molecule has 0 aliphatic carbocycles. The van der Waals surface area contributed by atoms with Crippen molar-refractivity contribution in [2.45, 2.75) is 26.4 Å². The van der Waals surface area contributed by atoms with Crippen LogP contribution in [0.15, 0.2) is 37.3 Å². The Morgan fingerprint density at radius 2 is 2.04 bits per heavy atom. The minimum absolute atomic E-state index is 0.114. The second-order valence-electron chi connectivity index (χ2n) is 6.47. The second-order valence-corrected chi connectivity index (χ2v) is 6.47. The first-order chi connectivity index (χ1) is 11.7. The number of rotatable bonds is 5. The predicted octanol–water partition coefficient (Wildman–Crippen LogP) is 3.79. The van der Waals surface area contributed by atoms with Gasteiger partial charge in [0, 0.05) is 18.0 Å². The number of aryl methyl sites for hydroxylation is 1. The molecule has 0 spiro atoms. The van der Waals surface area contributed by atoms with Crippen LogP contribution in [-0.4, -0.2) is 31.6 Å². The minimum Gasteiger partial charge on any atom is -0.351 e. The van der Waals surface area contributed by atoms with Gasteiger partial charge in [-0.3, -0.25) is 4.40 Å². The van der Waals surface area contributed by atoms with Gasteiger partial charge >= 0.3 is 0 Å². The number of aromatic nitrogens is 4. The largest absolute Gasteiger partial charge is 0.351 e. The van der Waals surface area contributed by atoms with Crippen molar-refractivity contribution in [1.82, 2.24) is 19.4 Å². The molecule has 5 nitrogen and oxygen atoms in total. The number of anilines is 1. The molecule has 0 amide bonds. The fourth-order valence-electron chi connectivity index (χ4n) is 2.42. The Bertz CT molecular complexity index is 940. The molecule has 0 aliphatic rings. The topological polar surface area (TPSA) is 55.1 Å². The van der Waals surface area contributed by atoms with Gasteiger partial charge in [0.1, 0.15) is 11.3 Å². The fraction of sp³-hybridized carbons (Fsp3) is 0.278. The van der Waals surface area contributed by atoms with E-state index >= 15 is 0 Å². The van der Waals surface area contributed by atoms with Crippen LogP contribution in [-0.2, 0) is 0 Å². The lowest BCUT2D eigenvalue weighted by Gasteiger charge is -2.16. The van der Waals surface area contributed by atoms with Gasteiger partial charge in [0.25, 0.3) is 0 Å². The summed E-state index contributed by atoms with van der Waals surface area (Å²) in [6, 6.07) is 3.54. The predicted molar refractivity (Wildman–Crippen MR) is 93.7 cm³/mol. The average Bonchev–Trinajstić information content (AvgIpc) is 2.92. The van der Waals surface area contributed by atoms with Crippen LogP contribution in [0.3, 0.4) is 0 Å². The van der Waals surface area contributed by atoms with Gasteiger partial charge in [0.15, 0.2) is 0 Å². The van der Waals surface area contributed by atoms with Crippen LogP contribution in [0.5, 0.6) is 0 Å². The second kappa shape index (κ2) is 6.23. The van der Waals surface area contributed by atoms with Crippen molar-refractivity contribution in [3.05, 3.63) is 60.1 Å². The van der Waals surface area contributed by atoms with Crippen LogP contribution in [0, 0.1) is 12.9 Å². The van der Waals surface area contributed by atoms with Crippen molar-refractivity contribution in [2.24, 2.45) is 0 Å². The third kappa shape index (κ3) is 3.65. The van der Waals surface area contributed by atoms with E-state index in [1.54, 1.807) is 18.5 Å². The van der Waals surface area contributed by atoms with E-state index in [2.05, 4.69) is 26.8 Å². The summed E-state index contributed by atoms with van der Waals surface area (Å²) >= 11 is 0. The highest BCUT2D eigenvalue weighted by Crippen LogP contribution is 2.24. The highest BCUT2D eigenvalue weighted by molar-refractivity contribution is 5.79. The van der Waals surface area contributed by atoms with Crippen molar-refractivity contribution >= 4 is 17.2 Å². The molecular weight excluding hydrogens is 324 g/mol. The molecule has 0 bridgehead atoms. The van der Waals surface area contributed by atoms with Crippen molar-refractivity contribution < 1.29 is 8.78 Å². The Hall–Kier alpha value is -2.83.